The van der Waals surface area contributed by atoms with Gasteiger partial charge in [0, 0.05) is 27.3 Å². The number of hydrogen-bond acceptors (Lipinski definition) is 6. The predicted octanol–water partition coefficient (Wildman–Crippen LogP) is 7.38. The van der Waals surface area contributed by atoms with Crippen molar-refractivity contribution in [2.75, 3.05) is 10.6 Å². The van der Waals surface area contributed by atoms with Gasteiger partial charge in [-0.15, -0.1) is 22.7 Å². The van der Waals surface area contributed by atoms with Crippen LogP contribution in [0, 0.1) is 6.92 Å². The SMILES string of the molecule is Cc1ccc2nc(-c3ccc(NC(=O)c4csc(Nc5cccc(Cl)c5)n4)cc3)sc2c1. The zero-order valence-corrected chi connectivity index (χ0v) is 19.3. The second kappa shape index (κ2) is 8.70. The summed E-state index contributed by atoms with van der Waals surface area (Å²) in [6, 6.07) is 21.3. The maximum Gasteiger partial charge on any atom is 0.275 e. The highest BCUT2D eigenvalue weighted by Gasteiger charge is 2.12. The molecule has 1 amide bonds. The van der Waals surface area contributed by atoms with Gasteiger partial charge in [0.2, 0.25) is 0 Å². The van der Waals surface area contributed by atoms with Crippen molar-refractivity contribution in [3.63, 3.8) is 0 Å². The third-order valence-electron chi connectivity index (χ3n) is 4.75. The Labute approximate surface area is 197 Å². The fourth-order valence-electron chi connectivity index (χ4n) is 3.17. The largest absolute Gasteiger partial charge is 0.331 e. The van der Waals surface area contributed by atoms with Crippen LogP contribution in [0.1, 0.15) is 16.1 Å². The molecule has 0 atom stereocenters. The Morgan fingerprint density at radius 2 is 1.81 bits per heavy atom. The van der Waals surface area contributed by atoms with E-state index in [0.29, 0.717) is 21.5 Å². The highest BCUT2D eigenvalue weighted by Crippen LogP contribution is 2.31. The number of carbonyl (C=O) groups is 1. The summed E-state index contributed by atoms with van der Waals surface area (Å²) >= 11 is 9.03. The summed E-state index contributed by atoms with van der Waals surface area (Å²) in [5, 5.41) is 9.99. The number of anilines is 3. The molecule has 3 aromatic carbocycles. The van der Waals surface area contributed by atoms with E-state index in [1.165, 1.54) is 21.6 Å². The first-order valence-corrected chi connectivity index (χ1v) is 11.9. The molecule has 8 heteroatoms. The summed E-state index contributed by atoms with van der Waals surface area (Å²) in [6.07, 6.45) is 0. The van der Waals surface area contributed by atoms with E-state index in [1.807, 2.05) is 42.5 Å². The van der Waals surface area contributed by atoms with E-state index in [1.54, 1.807) is 28.8 Å². The van der Waals surface area contributed by atoms with Gasteiger partial charge in [0.1, 0.15) is 10.7 Å². The van der Waals surface area contributed by atoms with Gasteiger partial charge < -0.3 is 10.6 Å². The summed E-state index contributed by atoms with van der Waals surface area (Å²) in [7, 11) is 0. The van der Waals surface area contributed by atoms with E-state index in [-0.39, 0.29) is 5.91 Å². The van der Waals surface area contributed by atoms with E-state index < -0.39 is 0 Å². The van der Waals surface area contributed by atoms with E-state index in [2.05, 4.69) is 34.7 Å². The van der Waals surface area contributed by atoms with Gasteiger partial charge in [0.25, 0.3) is 5.91 Å². The van der Waals surface area contributed by atoms with E-state index >= 15 is 0 Å². The minimum atomic E-state index is -0.261. The van der Waals surface area contributed by atoms with Crippen LogP contribution in [-0.2, 0) is 0 Å². The molecule has 0 aliphatic rings. The van der Waals surface area contributed by atoms with Gasteiger partial charge in [-0.3, -0.25) is 4.79 Å². The highest BCUT2D eigenvalue weighted by atomic mass is 35.5. The molecule has 0 aliphatic carbocycles. The molecule has 0 saturated carbocycles. The molecule has 0 spiro atoms. The number of thiazole rings is 2. The molecule has 2 aromatic heterocycles. The number of benzene rings is 3. The summed E-state index contributed by atoms with van der Waals surface area (Å²) in [5.41, 5.74) is 5.11. The molecular weight excluding hydrogens is 460 g/mol. The summed E-state index contributed by atoms with van der Waals surface area (Å²) < 4.78 is 1.17. The molecule has 0 radical (unpaired) electrons. The van der Waals surface area contributed by atoms with Crippen molar-refractivity contribution in [2.24, 2.45) is 0 Å². The van der Waals surface area contributed by atoms with Crippen LogP contribution in [0.5, 0.6) is 0 Å². The Morgan fingerprint density at radius 3 is 2.62 bits per heavy atom. The number of nitrogens with zero attached hydrogens (tertiary/aromatic N) is 2. The number of aryl methyl sites for hydroxylation is 1. The van der Waals surface area contributed by atoms with Gasteiger partial charge >= 0.3 is 0 Å². The number of hydrogen-bond donors (Lipinski definition) is 2. The van der Waals surface area contributed by atoms with Gasteiger partial charge in [-0.25, -0.2) is 9.97 Å². The zero-order chi connectivity index (χ0) is 22.1. The molecule has 5 rings (SSSR count). The van der Waals surface area contributed by atoms with Crippen LogP contribution in [0.3, 0.4) is 0 Å². The van der Waals surface area contributed by atoms with E-state index in [4.69, 9.17) is 16.6 Å². The maximum absolute atomic E-state index is 12.6. The second-order valence-electron chi connectivity index (χ2n) is 7.19. The molecule has 32 heavy (non-hydrogen) atoms. The molecule has 0 bridgehead atoms. The van der Waals surface area contributed by atoms with Crippen LogP contribution in [0.2, 0.25) is 5.02 Å². The number of rotatable bonds is 5. The van der Waals surface area contributed by atoms with E-state index in [0.717, 1.165) is 21.8 Å². The van der Waals surface area contributed by atoms with Crippen molar-refractivity contribution in [1.82, 2.24) is 9.97 Å². The topological polar surface area (TPSA) is 66.9 Å². The van der Waals surface area contributed by atoms with Gasteiger partial charge in [0.15, 0.2) is 5.13 Å². The minimum absolute atomic E-state index is 0.261. The zero-order valence-electron chi connectivity index (χ0n) is 16.9. The Kier molecular flexibility index (Phi) is 5.61. The maximum atomic E-state index is 12.6. The molecular formula is C24H17ClN4OS2. The molecule has 158 valence electrons. The molecule has 0 fully saturated rings. The molecule has 2 heterocycles. The van der Waals surface area contributed by atoms with Crippen LogP contribution in [0.4, 0.5) is 16.5 Å². The number of amides is 1. The van der Waals surface area contributed by atoms with Crippen molar-refractivity contribution in [1.29, 1.82) is 0 Å². The minimum Gasteiger partial charge on any atom is -0.331 e. The number of carbonyl (C=O) groups excluding carboxylic acids is 1. The lowest BCUT2D eigenvalue weighted by Gasteiger charge is -2.04. The van der Waals surface area contributed by atoms with Gasteiger partial charge in [0.05, 0.1) is 10.2 Å². The molecule has 5 aromatic rings. The predicted molar refractivity (Wildman–Crippen MR) is 135 cm³/mol. The lowest BCUT2D eigenvalue weighted by atomic mass is 10.2. The third-order valence-corrected chi connectivity index (χ3v) is 6.81. The fraction of sp³-hybridized carbons (Fsp3) is 0.0417. The summed E-state index contributed by atoms with van der Waals surface area (Å²) in [4.78, 5) is 21.7. The van der Waals surface area contributed by atoms with E-state index in [9.17, 15) is 4.79 Å². The standard InChI is InChI=1S/C24H17ClN4OS2/c1-14-5-10-19-21(11-14)32-23(28-19)15-6-8-17(9-7-15)26-22(30)20-13-31-24(29-20)27-18-4-2-3-16(25)12-18/h2-13H,1H3,(H,26,30)(H,27,29). The molecule has 2 N–H and O–H groups in total. The van der Waals surface area contributed by atoms with Crippen LogP contribution >= 0.6 is 34.3 Å². The van der Waals surface area contributed by atoms with Crippen molar-refractivity contribution < 1.29 is 4.79 Å². The quantitative estimate of drug-likeness (QED) is 0.277. The lowest BCUT2D eigenvalue weighted by molar-refractivity contribution is 0.102. The Balaban J connectivity index is 1.27. The van der Waals surface area contributed by atoms with Crippen LogP contribution in [-0.4, -0.2) is 15.9 Å². The van der Waals surface area contributed by atoms with Crippen molar-refractivity contribution >= 4 is 66.9 Å². The number of nitrogens with one attached hydrogen (secondary N) is 2. The Morgan fingerprint density at radius 1 is 0.969 bits per heavy atom. The number of fused-ring (bicyclic) bond motifs is 1. The van der Waals surface area contributed by atoms with Crippen LogP contribution in [0.25, 0.3) is 20.8 Å². The summed E-state index contributed by atoms with van der Waals surface area (Å²) in [6.45, 7) is 2.08. The molecule has 0 aliphatic heterocycles. The fourth-order valence-corrected chi connectivity index (χ4v) is 5.14. The van der Waals surface area contributed by atoms with Gasteiger partial charge in [-0.2, -0.15) is 0 Å². The van der Waals surface area contributed by atoms with Crippen molar-refractivity contribution in [3.8, 4) is 10.6 Å². The molecule has 0 unspecified atom stereocenters. The Hall–Kier alpha value is -3.26. The normalized spacial score (nSPS) is 10.9. The second-order valence-corrected chi connectivity index (χ2v) is 9.52. The Bertz CT molecular complexity index is 1430. The van der Waals surface area contributed by atoms with Gasteiger partial charge in [-0.05, 0) is 67.1 Å². The molecule has 0 saturated heterocycles. The third kappa shape index (κ3) is 4.50. The first-order valence-electron chi connectivity index (χ1n) is 9.81. The first kappa shape index (κ1) is 20.6. The molecule has 5 nitrogen and oxygen atoms in total. The average Bonchev–Trinajstić information content (AvgIpc) is 3.41. The average molecular weight is 477 g/mol. The highest BCUT2D eigenvalue weighted by molar-refractivity contribution is 7.21. The van der Waals surface area contributed by atoms with Crippen molar-refractivity contribution in [3.05, 3.63) is 88.4 Å². The van der Waals surface area contributed by atoms with Crippen molar-refractivity contribution in [2.45, 2.75) is 6.92 Å². The smallest absolute Gasteiger partial charge is 0.275 e. The number of halogens is 1. The first-order chi connectivity index (χ1) is 15.5. The summed E-state index contributed by atoms with van der Waals surface area (Å²) in [5.74, 6) is -0.261. The van der Waals surface area contributed by atoms with Crippen LogP contribution in [0.15, 0.2) is 72.1 Å². The van der Waals surface area contributed by atoms with Gasteiger partial charge in [-0.1, -0.05) is 23.7 Å². The number of aromatic nitrogens is 2. The monoisotopic (exact) mass is 476 g/mol. The van der Waals surface area contributed by atoms with Crippen LogP contribution < -0.4 is 10.6 Å². The lowest BCUT2D eigenvalue weighted by Crippen LogP contribution is -2.12.